The van der Waals surface area contributed by atoms with E-state index in [-0.39, 0.29) is 5.91 Å². The lowest BCUT2D eigenvalue weighted by atomic mass is 10.1. The second-order valence-electron chi connectivity index (χ2n) is 6.47. The fourth-order valence-electron chi connectivity index (χ4n) is 2.61. The van der Waals surface area contributed by atoms with Gasteiger partial charge in [-0.05, 0) is 49.4 Å². The number of nitrogens with zero attached hydrogens (tertiary/aromatic N) is 1. The Hall–Kier alpha value is -1.40. The zero-order valence-corrected chi connectivity index (χ0v) is 14.7. The maximum Gasteiger partial charge on any atom is 0.243 e. The number of amides is 1. The van der Waals surface area contributed by atoms with Gasteiger partial charge in [-0.25, -0.2) is 8.42 Å². The highest BCUT2D eigenvalue weighted by Crippen LogP contribution is 2.22. The number of hydrogen-bond acceptors (Lipinski definition) is 3. The van der Waals surface area contributed by atoms with E-state index >= 15 is 0 Å². The number of piperidine rings is 1. The highest BCUT2D eigenvalue weighted by molar-refractivity contribution is 7.89. The molecule has 1 N–H and O–H groups in total. The van der Waals surface area contributed by atoms with E-state index in [9.17, 15) is 13.2 Å². The molecule has 2 rings (SSSR count). The molecule has 0 bridgehead atoms. The summed E-state index contributed by atoms with van der Waals surface area (Å²) in [5.74, 6) is 0.447. The minimum absolute atomic E-state index is 0.0367. The largest absolute Gasteiger partial charge is 0.326 e. The van der Waals surface area contributed by atoms with E-state index in [0.29, 0.717) is 36.0 Å². The molecule has 0 atom stereocenters. The molecule has 0 radical (unpaired) electrons. The average Bonchev–Trinajstić information content (AvgIpc) is 2.54. The summed E-state index contributed by atoms with van der Waals surface area (Å²) >= 11 is 0. The molecule has 1 aliphatic rings. The number of anilines is 1. The predicted octanol–water partition coefficient (Wildman–Crippen LogP) is 3.24. The molecule has 0 unspecified atom stereocenters. The number of carbonyl (C=O) groups is 1. The van der Waals surface area contributed by atoms with Crippen LogP contribution in [0.25, 0.3) is 0 Å². The highest BCUT2D eigenvalue weighted by Gasteiger charge is 2.25. The van der Waals surface area contributed by atoms with Crippen molar-refractivity contribution in [1.82, 2.24) is 4.31 Å². The zero-order valence-electron chi connectivity index (χ0n) is 13.9. The van der Waals surface area contributed by atoms with Crippen molar-refractivity contribution < 1.29 is 13.2 Å². The smallest absolute Gasteiger partial charge is 0.243 e. The van der Waals surface area contributed by atoms with Gasteiger partial charge in [0.2, 0.25) is 15.9 Å². The molecule has 5 nitrogen and oxygen atoms in total. The minimum atomic E-state index is -3.41. The summed E-state index contributed by atoms with van der Waals surface area (Å²) in [7, 11) is -3.41. The first kappa shape index (κ1) is 17.9. The molecule has 128 valence electrons. The lowest BCUT2D eigenvalue weighted by Gasteiger charge is -2.25. The summed E-state index contributed by atoms with van der Waals surface area (Å²) < 4.78 is 26.6. The molecule has 1 aliphatic heterocycles. The van der Waals surface area contributed by atoms with Crippen LogP contribution in [0.1, 0.15) is 46.0 Å². The van der Waals surface area contributed by atoms with E-state index < -0.39 is 10.0 Å². The standard InChI is InChI=1S/C17H26N2O3S/c1-14(2)6-11-17(20)18-15-7-9-16(10-8-15)23(21,22)19-12-4-3-5-13-19/h7-10,14H,3-6,11-13H2,1-2H3,(H,18,20). The van der Waals surface area contributed by atoms with Crippen molar-refractivity contribution in [3.8, 4) is 0 Å². The van der Waals surface area contributed by atoms with Crippen molar-refractivity contribution in [3.05, 3.63) is 24.3 Å². The van der Waals surface area contributed by atoms with E-state index in [4.69, 9.17) is 0 Å². The van der Waals surface area contributed by atoms with Crippen molar-refractivity contribution in [2.45, 2.75) is 50.8 Å². The Labute approximate surface area is 139 Å². The molecule has 1 aromatic carbocycles. The fourth-order valence-corrected chi connectivity index (χ4v) is 4.12. The minimum Gasteiger partial charge on any atom is -0.326 e. The SMILES string of the molecule is CC(C)CCC(=O)Nc1ccc(S(=O)(=O)N2CCCCC2)cc1. The average molecular weight is 338 g/mol. The summed E-state index contributed by atoms with van der Waals surface area (Å²) in [6.45, 7) is 5.34. The van der Waals surface area contributed by atoms with Gasteiger partial charge in [-0.2, -0.15) is 4.31 Å². The molecular weight excluding hydrogens is 312 g/mol. The van der Waals surface area contributed by atoms with Gasteiger partial charge in [-0.1, -0.05) is 20.3 Å². The summed E-state index contributed by atoms with van der Waals surface area (Å²) in [6, 6.07) is 6.46. The van der Waals surface area contributed by atoms with Gasteiger partial charge in [0.25, 0.3) is 0 Å². The maximum absolute atomic E-state index is 12.5. The molecule has 1 heterocycles. The van der Waals surface area contributed by atoms with Crippen molar-refractivity contribution >= 4 is 21.6 Å². The van der Waals surface area contributed by atoms with Crippen molar-refractivity contribution in [2.75, 3.05) is 18.4 Å². The van der Waals surface area contributed by atoms with Gasteiger partial charge in [-0.3, -0.25) is 4.79 Å². The van der Waals surface area contributed by atoms with Crippen LogP contribution in [0.4, 0.5) is 5.69 Å². The van der Waals surface area contributed by atoms with Crippen LogP contribution in [-0.2, 0) is 14.8 Å². The predicted molar refractivity (Wildman–Crippen MR) is 91.8 cm³/mol. The first-order valence-electron chi connectivity index (χ1n) is 8.29. The Morgan fingerprint density at radius 2 is 1.74 bits per heavy atom. The third kappa shape index (κ3) is 5.04. The number of hydrogen-bond donors (Lipinski definition) is 1. The molecule has 6 heteroatoms. The van der Waals surface area contributed by atoms with Crippen LogP contribution in [0.2, 0.25) is 0 Å². The highest BCUT2D eigenvalue weighted by atomic mass is 32.2. The van der Waals surface area contributed by atoms with Gasteiger partial charge in [-0.15, -0.1) is 0 Å². The van der Waals surface area contributed by atoms with E-state index in [1.165, 1.54) is 0 Å². The lowest BCUT2D eigenvalue weighted by molar-refractivity contribution is -0.116. The molecule has 23 heavy (non-hydrogen) atoms. The van der Waals surface area contributed by atoms with Gasteiger partial charge in [0, 0.05) is 25.2 Å². The number of nitrogens with one attached hydrogen (secondary N) is 1. The summed E-state index contributed by atoms with van der Waals surface area (Å²) in [5, 5.41) is 2.81. The molecule has 0 aromatic heterocycles. The van der Waals surface area contributed by atoms with Gasteiger partial charge in [0.1, 0.15) is 0 Å². The lowest BCUT2D eigenvalue weighted by Crippen LogP contribution is -2.35. The van der Waals surface area contributed by atoms with Gasteiger partial charge in [0.15, 0.2) is 0 Å². The van der Waals surface area contributed by atoms with Crippen LogP contribution in [-0.4, -0.2) is 31.7 Å². The monoisotopic (exact) mass is 338 g/mol. The van der Waals surface area contributed by atoms with Crippen LogP contribution in [0.15, 0.2) is 29.2 Å². The van der Waals surface area contributed by atoms with Crippen LogP contribution in [0, 0.1) is 5.92 Å². The molecule has 1 fully saturated rings. The Balaban J connectivity index is 2.00. The van der Waals surface area contributed by atoms with Crippen LogP contribution in [0.3, 0.4) is 0 Å². The Morgan fingerprint density at radius 3 is 2.30 bits per heavy atom. The number of benzene rings is 1. The van der Waals surface area contributed by atoms with Gasteiger partial charge in [0.05, 0.1) is 4.90 Å². The van der Waals surface area contributed by atoms with Crippen LogP contribution >= 0.6 is 0 Å². The first-order chi connectivity index (χ1) is 10.9. The Kier molecular flexibility index (Phi) is 6.18. The van der Waals surface area contributed by atoms with E-state index in [0.717, 1.165) is 25.7 Å². The van der Waals surface area contributed by atoms with Gasteiger partial charge < -0.3 is 5.32 Å². The molecule has 0 saturated carbocycles. The van der Waals surface area contributed by atoms with E-state index in [1.54, 1.807) is 28.6 Å². The summed E-state index contributed by atoms with van der Waals surface area (Å²) in [6.07, 6.45) is 4.25. The molecular formula is C17H26N2O3S. The molecule has 1 saturated heterocycles. The van der Waals surface area contributed by atoms with Crippen LogP contribution < -0.4 is 5.32 Å². The Bertz CT molecular complexity index is 618. The summed E-state index contributed by atoms with van der Waals surface area (Å²) in [4.78, 5) is 12.1. The van der Waals surface area contributed by atoms with Crippen molar-refractivity contribution in [2.24, 2.45) is 5.92 Å². The number of sulfonamides is 1. The second kappa shape index (κ2) is 7.93. The summed E-state index contributed by atoms with van der Waals surface area (Å²) in [5.41, 5.74) is 0.636. The van der Waals surface area contributed by atoms with E-state index in [1.807, 2.05) is 0 Å². The third-order valence-electron chi connectivity index (χ3n) is 4.04. The number of rotatable bonds is 6. The van der Waals surface area contributed by atoms with Crippen molar-refractivity contribution in [1.29, 1.82) is 0 Å². The quantitative estimate of drug-likeness (QED) is 0.866. The van der Waals surface area contributed by atoms with Crippen molar-refractivity contribution in [3.63, 3.8) is 0 Å². The fraction of sp³-hybridized carbons (Fsp3) is 0.588. The maximum atomic E-state index is 12.5. The Morgan fingerprint density at radius 1 is 1.13 bits per heavy atom. The van der Waals surface area contributed by atoms with Crippen LogP contribution in [0.5, 0.6) is 0 Å². The first-order valence-corrected chi connectivity index (χ1v) is 9.73. The van der Waals surface area contributed by atoms with Gasteiger partial charge >= 0.3 is 0 Å². The second-order valence-corrected chi connectivity index (χ2v) is 8.41. The molecule has 1 amide bonds. The molecule has 0 aliphatic carbocycles. The third-order valence-corrected chi connectivity index (χ3v) is 5.95. The molecule has 1 aromatic rings. The zero-order chi connectivity index (χ0) is 16.9. The van der Waals surface area contributed by atoms with E-state index in [2.05, 4.69) is 19.2 Å². The topological polar surface area (TPSA) is 66.5 Å². The normalized spacial score (nSPS) is 16.5. The number of carbonyl (C=O) groups excluding carboxylic acids is 1. The molecule has 0 spiro atoms.